The summed E-state index contributed by atoms with van der Waals surface area (Å²) < 4.78 is 13.7. The number of hydrogen-bond acceptors (Lipinski definition) is 12. The van der Waals surface area contributed by atoms with Gasteiger partial charge in [-0.2, -0.15) is 0 Å². The second kappa shape index (κ2) is 16.6. The number of fused-ring (bicyclic) bond motifs is 4. The van der Waals surface area contributed by atoms with Crippen molar-refractivity contribution in [3.8, 4) is 41.1 Å². The van der Waals surface area contributed by atoms with Crippen LogP contribution < -0.4 is 25.4 Å². The second-order valence-electron chi connectivity index (χ2n) is 18.1. The molecule has 13 heteroatoms. The fraction of sp³-hybridized carbons (Fsp3) is 0.500. The average molecular weight is 862 g/mol. The highest BCUT2D eigenvalue weighted by atomic mass is 33.1. The number of ether oxygens (including phenoxy) is 2. The number of carbonyl (C=O) groups is 1. The van der Waals surface area contributed by atoms with Crippen molar-refractivity contribution in [2.75, 3.05) is 18.8 Å². The molecule has 0 radical (unpaired) electrons. The van der Waals surface area contributed by atoms with Gasteiger partial charge < -0.3 is 35.6 Å². The maximum absolute atomic E-state index is 13.6. The normalized spacial score (nSPS) is 31.9. The lowest BCUT2D eigenvalue weighted by atomic mass is 9.73. The van der Waals surface area contributed by atoms with E-state index in [0.29, 0.717) is 48.7 Å². The third-order valence-electron chi connectivity index (χ3n) is 14.2. The molecule has 2 aromatic carbocycles. The lowest BCUT2D eigenvalue weighted by Gasteiger charge is -2.37. The number of quaternary nitrogens is 1. The molecule has 1 fully saturated rings. The summed E-state index contributed by atoms with van der Waals surface area (Å²) in [5.41, 5.74) is 14.6. The molecule has 8 N–H and O–H groups in total. The van der Waals surface area contributed by atoms with Crippen molar-refractivity contribution in [2.45, 2.75) is 107 Å². The number of benzene rings is 2. The number of Topliss-reactive ketones (excluding diaryl/α,β-unsaturated/α-hetero) is 1. The van der Waals surface area contributed by atoms with E-state index >= 15 is 0 Å². The van der Waals surface area contributed by atoms with Gasteiger partial charge in [0.25, 0.3) is 6.23 Å². The van der Waals surface area contributed by atoms with E-state index in [2.05, 4.69) is 41.5 Å². The highest BCUT2D eigenvalue weighted by Gasteiger charge is 2.52. The fourth-order valence-electron chi connectivity index (χ4n) is 11.0. The smallest absolute Gasteiger partial charge is 0.252 e. The molecule has 0 aromatic heterocycles. The number of aliphatic hydroxyl groups is 3. The first kappa shape index (κ1) is 41.0. The van der Waals surface area contributed by atoms with Crippen LogP contribution in [0.15, 0.2) is 58.9 Å². The van der Waals surface area contributed by atoms with E-state index in [-0.39, 0.29) is 48.8 Å². The second-order valence-corrected chi connectivity index (χ2v) is 20.6. The first-order valence-electron chi connectivity index (χ1n) is 21.8. The lowest BCUT2D eigenvalue weighted by Crippen LogP contribution is -3.13. The van der Waals surface area contributed by atoms with Crippen LogP contribution in [0, 0.1) is 47.0 Å². The Morgan fingerprint density at radius 2 is 1.98 bits per heavy atom. The molecule has 8 bridgehead atoms. The van der Waals surface area contributed by atoms with E-state index in [1.165, 1.54) is 0 Å². The molecule has 10 atom stereocenters. The minimum Gasteiger partial charge on any atom is -0.508 e. The van der Waals surface area contributed by atoms with Gasteiger partial charge >= 0.3 is 0 Å². The van der Waals surface area contributed by atoms with Crippen LogP contribution in [0.4, 0.5) is 0 Å². The molecule has 10 unspecified atom stereocenters. The van der Waals surface area contributed by atoms with Crippen LogP contribution in [0.5, 0.6) is 17.2 Å². The Hall–Kier alpha value is -4.02. The van der Waals surface area contributed by atoms with Crippen LogP contribution in [0.1, 0.15) is 103 Å². The molecule has 9 aliphatic rings. The largest absolute Gasteiger partial charge is 0.508 e. The van der Waals surface area contributed by atoms with Crippen molar-refractivity contribution in [3.63, 3.8) is 0 Å². The molecule has 1 spiro atoms. The van der Waals surface area contributed by atoms with Gasteiger partial charge in [0.2, 0.25) is 0 Å². The SMILES string of the molecule is CC1C=CC(C(O)CC(=O)CCc2c(O)cc3c4c2CSSCC2CNC(N)c5ccc6c(c52)CC2=CN=C5C[NH+](C=C25)C(O4)C(C#CC6O)C2(C#CO3)CCCC2)C(O)C1. The highest BCUT2D eigenvalue weighted by Crippen LogP contribution is 2.50. The van der Waals surface area contributed by atoms with Gasteiger partial charge in [0, 0.05) is 72.5 Å². The standard InChI is InChI=1S/C48H52N4O7S2/c1-26-4-6-32(40(55)16-26)41(56)18-29(53)5-7-31-36-25-61-60-24-28-21-51-46(49)33-9-8-30-34(44(28)33)17-27-20-50-38-23-52(22-35(27)38)47-37(10-11-39(30)54)48(12-2-3-13-48)14-15-58-43(19-42(31)57)45(36)59-47/h4,6,8-9,19-20,22,26,28,32,37,39-41,46-47,51,54-57H,2-3,5,7,12-13,16-18,21,23-25,49H2,1H3/p+1. The number of nitrogens with two attached hydrogens (primary N) is 1. The molecule has 0 amide bonds. The number of nitrogens with zero attached hydrogens (tertiary/aromatic N) is 1. The molecule has 2 aromatic rings. The van der Waals surface area contributed by atoms with Gasteiger partial charge in [-0.3, -0.25) is 20.0 Å². The summed E-state index contributed by atoms with van der Waals surface area (Å²) in [7, 11) is 3.38. The van der Waals surface area contributed by atoms with Gasteiger partial charge in [-0.05, 0) is 59.4 Å². The maximum atomic E-state index is 13.6. The van der Waals surface area contributed by atoms with Crippen LogP contribution >= 0.6 is 21.6 Å². The summed E-state index contributed by atoms with van der Waals surface area (Å²) in [4.78, 5) is 19.6. The average Bonchev–Trinajstić information content (AvgIpc) is 3.98. The third-order valence-corrected chi connectivity index (χ3v) is 16.6. The van der Waals surface area contributed by atoms with E-state index in [1.54, 1.807) is 27.7 Å². The van der Waals surface area contributed by atoms with E-state index in [0.717, 1.165) is 81.0 Å². The van der Waals surface area contributed by atoms with E-state index < -0.39 is 41.8 Å². The van der Waals surface area contributed by atoms with Gasteiger partial charge in [0.05, 0.1) is 29.4 Å². The molecule has 61 heavy (non-hydrogen) atoms. The van der Waals surface area contributed by atoms with Gasteiger partial charge in [0.15, 0.2) is 11.5 Å². The highest BCUT2D eigenvalue weighted by molar-refractivity contribution is 8.76. The quantitative estimate of drug-likeness (QED) is 0.125. The van der Waals surface area contributed by atoms with Crippen molar-refractivity contribution in [1.82, 2.24) is 5.32 Å². The number of ketones is 1. The number of allylic oxidation sites excluding steroid dienone is 2. The van der Waals surface area contributed by atoms with Gasteiger partial charge in [-0.1, -0.05) is 83.4 Å². The van der Waals surface area contributed by atoms with Gasteiger partial charge in [0.1, 0.15) is 48.1 Å². The van der Waals surface area contributed by atoms with Crippen molar-refractivity contribution in [1.29, 1.82) is 0 Å². The summed E-state index contributed by atoms with van der Waals surface area (Å²) in [6.07, 6.45) is 12.2. The van der Waals surface area contributed by atoms with Gasteiger partial charge in [-0.15, -0.1) is 0 Å². The maximum Gasteiger partial charge on any atom is 0.252 e. The zero-order valence-electron chi connectivity index (χ0n) is 34.3. The van der Waals surface area contributed by atoms with E-state index in [1.807, 2.05) is 31.3 Å². The zero-order valence-corrected chi connectivity index (χ0v) is 35.9. The molecule has 0 saturated heterocycles. The number of rotatable bonds is 6. The molecule has 318 valence electrons. The molecular weight excluding hydrogens is 809 g/mol. The summed E-state index contributed by atoms with van der Waals surface area (Å²) in [5, 5.41) is 49.3. The van der Waals surface area contributed by atoms with Gasteiger partial charge in [-0.25, -0.2) is 0 Å². The number of aliphatic imine (C=N–C) groups is 1. The number of hydrogen-bond donors (Lipinski definition) is 7. The van der Waals surface area contributed by atoms with E-state index in [9.17, 15) is 25.2 Å². The minimum absolute atomic E-state index is 0.0155. The number of phenolic OH excluding ortho intramolecular Hbond substituents is 1. The fourth-order valence-corrected chi connectivity index (χ4v) is 13.4. The first-order chi connectivity index (χ1) is 29.6. The molecular formula is C48H53N4O7S2+. The Balaban J connectivity index is 1.10. The summed E-state index contributed by atoms with van der Waals surface area (Å²) in [5.74, 6) is 11.6. The predicted molar refractivity (Wildman–Crippen MR) is 235 cm³/mol. The van der Waals surface area contributed by atoms with E-state index in [4.69, 9.17) is 20.2 Å². The van der Waals surface area contributed by atoms with Crippen LogP contribution in [-0.4, -0.2) is 69.2 Å². The number of carbonyl (C=O) groups excluding carboxylic acids is 1. The van der Waals surface area contributed by atoms with Crippen molar-refractivity contribution in [2.24, 2.45) is 33.9 Å². The molecule has 1 saturated carbocycles. The minimum atomic E-state index is -1.07. The number of phenols is 1. The number of aromatic hydroxyl groups is 1. The number of nitrogens with one attached hydrogen (secondary N) is 2. The molecule has 11 nitrogen and oxygen atoms in total. The summed E-state index contributed by atoms with van der Waals surface area (Å²) in [6.45, 7) is 3.25. The van der Waals surface area contributed by atoms with Crippen LogP contribution in [-0.2, 0) is 23.4 Å². The monoisotopic (exact) mass is 861 g/mol. The topological polar surface area (TPSA) is 171 Å². The summed E-state index contributed by atoms with van der Waals surface area (Å²) >= 11 is 0. The number of aliphatic hydroxyl groups excluding tert-OH is 3. The Morgan fingerprint density at radius 3 is 2.82 bits per heavy atom. The third kappa shape index (κ3) is 7.55. The lowest BCUT2D eigenvalue weighted by molar-refractivity contribution is -0.888. The molecule has 7 heterocycles. The van der Waals surface area contributed by atoms with Crippen LogP contribution in [0.25, 0.3) is 0 Å². The Kier molecular flexibility index (Phi) is 11.2. The van der Waals surface area contributed by atoms with Crippen LogP contribution in [0.3, 0.4) is 0 Å². The van der Waals surface area contributed by atoms with Crippen molar-refractivity contribution < 1.29 is 39.6 Å². The Bertz CT molecular complexity index is 2400. The summed E-state index contributed by atoms with van der Waals surface area (Å²) in [6, 6.07) is 5.61. The predicted octanol–water partition coefficient (Wildman–Crippen LogP) is 4.41. The first-order valence-corrected chi connectivity index (χ1v) is 24.3. The zero-order chi connectivity index (χ0) is 42.0. The Morgan fingerprint density at radius 1 is 1.15 bits per heavy atom. The molecule has 7 aliphatic heterocycles. The molecule has 2 aliphatic carbocycles. The molecule has 11 rings (SSSR count). The Labute approximate surface area is 364 Å². The van der Waals surface area contributed by atoms with Crippen molar-refractivity contribution >= 4 is 33.1 Å². The van der Waals surface area contributed by atoms with Crippen molar-refractivity contribution in [3.05, 3.63) is 87.3 Å². The van der Waals surface area contributed by atoms with Crippen LogP contribution in [0.2, 0.25) is 0 Å².